The third kappa shape index (κ3) is 9.41. The number of hydrogen-bond donors (Lipinski definition) is 0. The number of rotatable bonds is 7. The van der Waals surface area contributed by atoms with Crippen LogP contribution in [0.5, 0.6) is 0 Å². The zero-order chi connectivity index (χ0) is 69.4. The topological polar surface area (TPSA) is 9.72 Å². The van der Waals surface area contributed by atoms with E-state index in [4.69, 9.17) is 0 Å². The number of benzene rings is 10. The summed E-state index contributed by atoms with van der Waals surface area (Å²) in [6.45, 7) is 34.1. The lowest BCUT2D eigenvalue weighted by atomic mass is 9.36. The van der Waals surface area contributed by atoms with Gasteiger partial charge in [0.1, 0.15) is 0 Å². The van der Waals surface area contributed by atoms with Crippen molar-refractivity contribution in [3.05, 3.63) is 251 Å². The molecule has 1 spiro atoms. The van der Waals surface area contributed by atoms with Gasteiger partial charge in [-0.2, -0.15) is 0 Å². The van der Waals surface area contributed by atoms with Crippen LogP contribution in [-0.4, -0.2) is 6.71 Å². The van der Waals surface area contributed by atoms with Crippen molar-refractivity contribution in [1.82, 2.24) is 0 Å². The number of fused-ring (bicyclic) bond motifs is 11. The Labute approximate surface area is 606 Å². The third-order valence-corrected chi connectivity index (χ3v) is 28.3. The van der Waals surface area contributed by atoms with E-state index in [0.717, 1.165) is 35.3 Å². The minimum Gasteiger partial charge on any atom is -0.311 e. The van der Waals surface area contributed by atoms with Gasteiger partial charge in [-0.15, -0.1) is 11.3 Å². The van der Waals surface area contributed by atoms with E-state index in [9.17, 15) is 0 Å². The van der Waals surface area contributed by atoms with Gasteiger partial charge in [0.25, 0.3) is 6.71 Å². The normalized spacial score (nSPS) is 22.5. The zero-order valence-electron chi connectivity index (χ0n) is 62.1. The van der Waals surface area contributed by atoms with Crippen LogP contribution >= 0.6 is 11.3 Å². The van der Waals surface area contributed by atoms with Crippen molar-refractivity contribution in [3.63, 3.8) is 0 Å². The molecule has 10 aromatic carbocycles. The van der Waals surface area contributed by atoms with Crippen LogP contribution in [0, 0.1) is 23.7 Å². The van der Waals surface area contributed by atoms with E-state index in [2.05, 4.69) is 329 Å². The predicted molar refractivity (Wildman–Crippen MR) is 433 cm³/mol. The second-order valence-corrected chi connectivity index (χ2v) is 38.1. The Balaban J connectivity index is 0.903. The van der Waals surface area contributed by atoms with Crippen molar-refractivity contribution >= 4 is 95.0 Å². The van der Waals surface area contributed by atoms with E-state index in [0.29, 0.717) is 11.8 Å². The molecule has 2 aliphatic heterocycles. The largest absolute Gasteiger partial charge is 0.311 e. The zero-order valence-corrected chi connectivity index (χ0v) is 62.9. The summed E-state index contributed by atoms with van der Waals surface area (Å²) in [7, 11) is 0. The molecule has 3 heterocycles. The van der Waals surface area contributed by atoms with E-state index in [1.54, 1.807) is 11.1 Å². The Bertz CT molecular complexity index is 5210. The molecule has 506 valence electrons. The van der Waals surface area contributed by atoms with Crippen LogP contribution in [0.15, 0.2) is 206 Å². The lowest BCUT2D eigenvalue weighted by molar-refractivity contribution is -0.0399. The van der Waals surface area contributed by atoms with Gasteiger partial charge >= 0.3 is 0 Å². The molecule has 9 aliphatic rings. The first-order chi connectivity index (χ1) is 48.3. The molecule has 101 heavy (non-hydrogen) atoms. The summed E-state index contributed by atoms with van der Waals surface area (Å²) in [5.74, 6) is 2.98. The van der Waals surface area contributed by atoms with Crippen LogP contribution < -0.4 is 30.4 Å². The lowest BCUT2D eigenvalue weighted by Gasteiger charge is -2.61. The maximum absolute atomic E-state index is 2.83. The minimum atomic E-state index is -0.211. The molecular formula is C96H98BN3S. The second kappa shape index (κ2) is 21.8. The van der Waals surface area contributed by atoms with Crippen LogP contribution in [0.2, 0.25) is 0 Å². The molecule has 0 atom stereocenters. The van der Waals surface area contributed by atoms with Gasteiger partial charge in [-0.1, -0.05) is 230 Å². The van der Waals surface area contributed by atoms with Crippen molar-refractivity contribution in [2.75, 3.05) is 14.7 Å². The highest BCUT2D eigenvalue weighted by Crippen LogP contribution is 2.71. The molecule has 4 fully saturated rings. The Morgan fingerprint density at radius 2 is 0.980 bits per heavy atom. The van der Waals surface area contributed by atoms with Crippen molar-refractivity contribution in [2.24, 2.45) is 23.7 Å². The molecule has 1 aromatic heterocycles. The van der Waals surface area contributed by atoms with E-state index in [1.165, 1.54) is 178 Å². The fourth-order valence-electron chi connectivity index (χ4n) is 21.6. The fraction of sp³-hybridized carbons (Fsp3) is 0.354. The summed E-state index contributed by atoms with van der Waals surface area (Å²) in [6, 6.07) is 82.7. The van der Waals surface area contributed by atoms with Gasteiger partial charge in [0, 0.05) is 65.5 Å². The average molecular weight is 1340 g/mol. The highest BCUT2D eigenvalue weighted by atomic mass is 32.1. The lowest BCUT2D eigenvalue weighted by Crippen LogP contribution is -2.60. The first-order valence-electron chi connectivity index (χ1n) is 38.3. The molecule has 20 rings (SSSR count). The summed E-state index contributed by atoms with van der Waals surface area (Å²) in [5, 5.41) is 1.37. The summed E-state index contributed by atoms with van der Waals surface area (Å²) >= 11 is 2.07. The maximum Gasteiger partial charge on any atom is 0.264 e. The molecule has 11 aromatic rings. The van der Waals surface area contributed by atoms with Crippen LogP contribution in [0.1, 0.15) is 199 Å². The molecule has 4 saturated carbocycles. The van der Waals surface area contributed by atoms with E-state index >= 15 is 0 Å². The predicted octanol–water partition coefficient (Wildman–Crippen LogP) is 24.8. The van der Waals surface area contributed by atoms with Gasteiger partial charge in [-0.3, -0.25) is 0 Å². The average Bonchev–Trinajstić information content (AvgIpc) is 1.56. The Hall–Kier alpha value is -8.38. The van der Waals surface area contributed by atoms with Gasteiger partial charge in [0.15, 0.2) is 0 Å². The summed E-state index contributed by atoms with van der Waals surface area (Å²) in [4.78, 5) is 8.18. The van der Waals surface area contributed by atoms with Crippen LogP contribution in [0.4, 0.5) is 51.2 Å². The highest BCUT2D eigenvalue weighted by molar-refractivity contribution is 7.33. The van der Waals surface area contributed by atoms with Crippen LogP contribution in [0.25, 0.3) is 43.5 Å². The second-order valence-electron chi connectivity index (χ2n) is 37.0. The fourth-order valence-corrected chi connectivity index (χ4v) is 23.0. The standard InChI is InChI=1S/C96H98BN3S/c1-90(2,3)63-34-38-67(39-35-63)98(80-29-21-19-25-70(80)61-23-16-15-17-24-61)69-40-42-79-82(55-69)100(81-30-22-28-75-86(81)71-26-18-20-27-73(71)96(75)65-48-58-47-59(50-65)51-66(96)49-58)84-54-64(91(4,5)6)53-83-87(84)97(79)89-88(72-56-77-78(57-85(72)101-89)95(13,14)46-45-94(77,11)12)99(83)68-36-31-60(32-37-68)62-33-41-74-76(52-62)93(9,10)44-43-92(74,7)8/h15-42,52-59,65-66H,43-51H2,1-14H3. The molecule has 0 radical (unpaired) electrons. The molecule has 5 heteroatoms. The minimum absolute atomic E-state index is 0.00693. The van der Waals surface area contributed by atoms with Crippen LogP contribution in [-0.2, 0) is 37.9 Å². The Kier molecular flexibility index (Phi) is 13.7. The van der Waals surface area contributed by atoms with Crippen molar-refractivity contribution in [1.29, 1.82) is 0 Å². The molecular weight excluding hydrogens is 1240 g/mol. The maximum atomic E-state index is 2.83. The smallest absolute Gasteiger partial charge is 0.264 e. The molecule has 0 saturated heterocycles. The first-order valence-corrected chi connectivity index (χ1v) is 39.2. The molecule has 0 unspecified atom stereocenters. The summed E-state index contributed by atoms with van der Waals surface area (Å²) < 4.78 is 2.81. The van der Waals surface area contributed by atoms with E-state index in [-0.39, 0.29) is 44.6 Å². The SMILES string of the molecule is CC(C)(C)c1ccc(N(c2ccc3c(c2)N(c2cccc4c2-c2ccccc2C42C4CC5CC(C4)CC2C5)c2cc(C(C)(C)C)cc4c2B3c2sc3cc5c(cc3c2N4c2ccc(-c3ccc4c(c3)C(C)(C)CCC4(C)C)cc2)C(C)(C)CCC5(C)C)c2ccccc2-c2ccccc2)cc1. The highest BCUT2D eigenvalue weighted by Gasteiger charge is 2.62. The van der Waals surface area contributed by atoms with Crippen molar-refractivity contribution < 1.29 is 0 Å². The summed E-state index contributed by atoms with van der Waals surface area (Å²) in [5.41, 5.74) is 33.7. The number of hydrogen-bond acceptors (Lipinski definition) is 4. The quantitative estimate of drug-likeness (QED) is 0.147. The van der Waals surface area contributed by atoms with Gasteiger partial charge in [-0.25, -0.2) is 0 Å². The van der Waals surface area contributed by atoms with Crippen LogP contribution in [0.3, 0.4) is 0 Å². The molecule has 0 amide bonds. The first kappa shape index (κ1) is 63.5. The van der Waals surface area contributed by atoms with Crippen molar-refractivity contribution in [3.8, 4) is 33.4 Å². The number of para-hydroxylation sites is 1. The number of nitrogens with zero attached hydrogens (tertiary/aromatic N) is 3. The molecule has 4 bridgehead atoms. The molecule has 7 aliphatic carbocycles. The van der Waals surface area contributed by atoms with Crippen molar-refractivity contribution in [2.45, 2.75) is 193 Å². The monoisotopic (exact) mass is 1340 g/mol. The van der Waals surface area contributed by atoms with Gasteiger partial charge in [-0.05, 0) is 264 Å². The molecule has 3 nitrogen and oxygen atoms in total. The van der Waals surface area contributed by atoms with E-state index < -0.39 is 0 Å². The Morgan fingerprint density at radius 3 is 1.64 bits per heavy atom. The third-order valence-electron chi connectivity index (χ3n) is 27.1. The Morgan fingerprint density at radius 1 is 0.416 bits per heavy atom. The van der Waals surface area contributed by atoms with Gasteiger partial charge < -0.3 is 14.7 Å². The number of thiophene rings is 1. The summed E-state index contributed by atoms with van der Waals surface area (Å²) in [6.07, 6.45) is 11.5. The van der Waals surface area contributed by atoms with E-state index in [1.807, 2.05) is 0 Å². The van der Waals surface area contributed by atoms with Gasteiger partial charge in [0.2, 0.25) is 0 Å². The number of anilines is 9. The molecule has 0 N–H and O–H groups in total. The van der Waals surface area contributed by atoms with Gasteiger partial charge in [0.05, 0.1) is 17.1 Å².